The van der Waals surface area contributed by atoms with Crippen molar-refractivity contribution >= 4 is 17.5 Å². The van der Waals surface area contributed by atoms with Gasteiger partial charge in [0.1, 0.15) is 0 Å². The molecule has 0 bridgehead atoms. The molecular formula is C15H19N5O2. The number of nitrogens with one attached hydrogen (secondary N) is 1. The first-order valence-corrected chi connectivity index (χ1v) is 6.76. The first-order chi connectivity index (χ1) is 10.4. The van der Waals surface area contributed by atoms with Crippen molar-refractivity contribution in [3.8, 4) is 5.88 Å². The molecular weight excluding hydrogens is 282 g/mol. The van der Waals surface area contributed by atoms with Gasteiger partial charge in [0.2, 0.25) is 11.8 Å². The Morgan fingerprint density at radius 3 is 2.41 bits per heavy atom. The van der Waals surface area contributed by atoms with Gasteiger partial charge in [-0.2, -0.15) is 0 Å². The van der Waals surface area contributed by atoms with Crippen LogP contribution in [0.2, 0.25) is 0 Å². The summed E-state index contributed by atoms with van der Waals surface area (Å²) < 4.78 is 5.02. The van der Waals surface area contributed by atoms with Crippen molar-refractivity contribution in [2.24, 2.45) is 0 Å². The van der Waals surface area contributed by atoms with E-state index in [9.17, 15) is 4.79 Å². The molecule has 0 aliphatic heterocycles. The maximum Gasteiger partial charge on any atom is 0.256 e. The molecule has 0 fully saturated rings. The van der Waals surface area contributed by atoms with Gasteiger partial charge in [0.25, 0.3) is 5.91 Å². The number of methoxy groups -OCH3 is 1. The number of aromatic nitrogens is 3. The van der Waals surface area contributed by atoms with Crippen LogP contribution in [-0.2, 0) is 0 Å². The van der Waals surface area contributed by atoms with Gasteiger partial charge in [-0.1, -0.05) is 0 Å². The molecule has 0 aliphatic rings. The third kappa shape index (κ3) is 3.30. The van der Waals surface area contributed by atoms with Crippen molar-refractivity contribution in [2.45, 2.75) is 13.8 Å². The molecule has 7 nitrogen and oxygen atoms in total. The normalized spacial score (nSPS) is 10.2. The molecule has 2 aromatic heterocycles. The Bertz CT molecular complexity index is 677. The lowest BCUT2D eigenvalue weighted by Gasteiger charge is -2.15. The Labute approximate surface area is 129 Å². The summed E-state index contributed by atoms with van der Waals surface area (Å²) in [7, 11) is 5.25. The van der Waals surface area contributed by atoms with Gasteiger partial charge in [-0.25, -0.2) is 15.0 Å². The number of anilines is 2. The van der Waals surface area contributed by atoms with Gasteiger partial charge in [-0.15, -0.1) is 0 Å². The molecule has 1 N–H and O–H groups in total. The fraction of sp³-hybridized carbons (Fsp3) is 0.333. The second kappa shape index (κ2) is 6.38. The Morgan fingerprint density at radius 1 is 1.23 bits per heavy atom. The number of amides is 1. The number of carbonyl (C=O) groups excluding carboxylic acids is 1. The molecule has 0 spiro atoms. The van der Waals surface area contributed by atoms with Gasteiger partial charge < -0.3 is 15.0 Å². The van der Waals surface area contributed by atoms with Crippen LogP contribution in [0.3, 0.4) is 0 Å². The average Bonchev–Trinajstić information content (AvgIpc) is 2.50. The summed E-state index contributed by atoms with van der Waals surface area (Å²) in [6.45, 7) is 3.68. The number of nitrogens with zero attached hydrogens (tertiary/aromatic N) is 4. The molecule has 0 atom stereocenters. The van der Waals surface area contributed by atoms with E-state index in [1.165, 1.54) is 13.3 Å². The number of hydrogen-bond acceptors (Lipinski definition) is 6. The molecule has 116 valence electrons. The van der Waals surface area contributed by atoms with E-state index in [-0.39, 0.29) is 5.91 Å². The monoisotopic (exact) mass is 301 g/mol. The zero-order valence-corrected chi connectivity index (χ0v) is 13.3. The lowest BCUT2D eigenvalue weighted by molar-refractivity contribution is 0.102. The number of aryl methyl sites for hydroxylation is 2. The first kappa shape index (κ1) is 15.7. The average molecular weight is 301 g/mol. The van der Waals surface area contributed by atoms with E-state index in [1.54, 1.807) is 12.1 Å². The fourth-order valence-corrected chi connectivity index (χ4v) is 1.93. The van der Waals surface area contributed by atoms with E-state index in [1.807, 2.05) is 32.8 Å². The fourth-order valence-electron chi connectivity index (χ4n) is 1.93. The number of carbonyl (C=O) groups is 1. The van der Waals surface area contributed by atoms with Gasteiger partial charge in [-0.3, -0.25) is 4.79 Å². The molecule has 2 rings (SSSR count). The Kier molecular flexibility index (Phi) is 4.55. The molecule has 1 amide bonds. The molecule has 0 aliphatic carbocycles. The summed E-state index contributed by atoms with van der Waals surface area (Å²) in [4.78, 5) is 26.9. The van der Waals surface area contributed by atoms with Gasteiger partial charge >= 0.3 is 0 Å². The molecule has 2 heterocycles. The van der Waals surface area contributed by atoms with E-state index in [4.69, 9.17) is 4.74 Å². The highest BCUT2D eigenvalue weighted by atomic mass is 16.5. The van der Waals surface area contributed by atoms with Gasteiger partial charge in [-0.05, 0) is 19.9 Å². The van der Waals surface area contributed by atoms with E-state index in [0.717, 1.165) is 0 Å². The molecule has 7 heteroatoms. The van der Waals surface area contributed by atoms with Gasteiger partial charge in [0, 0.05) is 31.9 Å². The summed E-state index contributed by atoms with van der Waals surface area (Å²) in [6.07, 6.45) is 1.53. The van der Waals surface area contributed by atoms with Crippen LogP contribution in [0.4, 0.5) is 11.6 Å². The van der Waals surface area contributed by atoms with E-state index >= 15 is 0 Å². The van der Waals surface area contributed by atoms with E-state index < -0.39 is 0 Å². The van der Waals surface area contributed by atoms with Crippen LogP contribution in [0.5, 0.6) is 5.88 Å². The molecule has 0 unspecified atom stereocenters. The third-order valence-corrected chi connectivity index (χ3v) is 3.10. The van der Waals surface area contributed by atoms with Crippen LogP contribution in [0, 0.1) is 13.8 Å². The maximum absolute atomic E-state index is 12.3. The molecule has 0 radical (unpaired) electrons. The molecule has 0 saturated carbocycles. The van der Waals surface area contributed by atoms with Gasteiger partial charge in [0.15, 0.2) is 0 Å². The minimum absolute atomic E-state index is 0.256. The zero-order valence-electron chi connectivity index (χ0n) is 13.3. The number of pyridine rings is 1. The molecule has 0 aromatic carbocycles. The van der Waals surface area contributed by atoms with Crippen molar-refractivity contribution in [1.82, 2.24) is 15.0 Å². The summed E-state index contributed by atoms with van der Waals surface area (Å²) >= 11 is 0. The largest absolute Gasteiger partial charge is 0.481 e. The van der Waals surface area contributed by atoms with Crippen molar-refractivity contribution in [3.05, 3.63) is 35.3 Å². The summed E-state index contributed by atoms with van der Waals surface area (Å²) in [5, 5.41) is 2.85. The van der Waals surface area contributed by atoms with Crippen LogP contribution < -0.4 is 15.0 Å². The SMILES string of the molecule is COc1cc(C(=O)Nc2c(C)nc(N(C)C)nc2C)ccn1. The summed E-state index contributed by atoms with van der Waals surface area (Å²) in [5.74, 6) is 0.743. The second-order valence-corrected chi connectivity index (χ2v) is 5.00. The second-order valence-electron chi connectivity index (χ2n) is 5.00. The highest BCUT2D eigenvalue weighted by Crippen LogP contribution is 2.20. The van der Waals surface area contributed by atoms with Crippen molar-refractivity contribution in [1.29, 1.82) is 0 Å². The van der Waals surface area contributed by atoms with E-state index in [2.05, 4.69) is 20.3 Å². The topological polar surface area (TPSA) is 80.2 Å². The minimum Gasteiger partial charge on any atom is -0.481 e. The Morgan fingerprint density at radius 2 is 1.86 bits per heavy atom. The standard InChI is InChI=1S/C15H19N5O2/c1-9-13(10(2)18-15(17-9)20(3)4)19-14(21)11-6-7-16-12(8-11)22-5/h6-8H,1-5H3,(H,19,21). The van der Waals surface area contributed by atoms with Gasteiger partial charge in [0.05, 0.1) is 24.2 Å². The van der Waals surface area contributed by atoms with Crippen LogP contribution in [-0.4, -0.2) is 42.1 Å². The van der Waals surface area contributed by atoms with E-state index in [0.29, 0.717) is 34.5 Å². The number of rotatable bonds is 4. The number of ether oxygens (including phenoxy) is 1. The van der Waals surface area contributed by atoms with Crippen molar-refractivity contribution < 1.29 is 9.53 Å². The molecule has 22 heavy (non-hydrogen) atoms. The van der Waals surface area contributed by atoms with Crippen LogP contribution >= 0.6 is 0 Å². The molecule has 2 aromatic rings. The smallest absolute Gasteiger partial charge is 0.256 e. The van der Waals surface area contributed by atoms with Crippen LogP contribution in [0.15, 0.2) is 18.3 Å². The third-order valence-electron chi connectivity index (χ3n) is 3.10. The summed E-state index contributed by atoms with van der Waals surface area (Å²) in [5.41, 5.74) is 2.50. The van der Waals surface area contributed by atoms with Crippen molar-refractivity contribution in [3.63, 3.8) is 0 Å². The zero-order chi connectivity index (χ0) is 16.3. The van der Waals surface area contributed by atoms with Crippen LogP contribution in [0.1, 0.15) is 21.7 Å². The Hall–Kier alpha value is -2.70. The number of hydrogen-bond donors (Lipinski definition) is 1. The predicted molar refractivity (Wildman–Crippen MR) is 84.6 cm³/mol. The van der Waals surface area contributed by atoms with Crippen LogP contribution in [0.25, 0.3) is 0 Å². The lowest BCUT2D eigenvalue weighted by atomic mass is 10.2. The highest BCUT2D eigenvalue weighted by molar-refractivity contribution is 6.04. The minimum atomic E-state index is -0.256. The Balaban J connectivity index is 2.28. The molecule has 0 saturated heterocycles. The maximum atomic E-state index is 12.3. The first-order valence-electron chi connectivity index (χ1n) is 6.76. The quantitative estimate of drug-likeness (QED) is 0.927. The highest BCUT2D eigenvalue weighted by Gasteiger charge is 2.14. The lowest BCUT2D eigenvalue weighted by Crippen LogP contribution is -2.18. The van der Waals surface area contributed by atoms with Crippen molar-refractivity contribution in [2.75, 3.05) is 31.4 Å². The summed E-state index contributed by atoms with van der Waals surface area (Å²) in [6, 6.07) is 3.20. The predicted octanol–water partition coefficient (Wildman–Crippen LogP) is 1.82.